The van der Waals surface area contributed by atoms with Crippen LogP contribution in [-0.4, -0.2) is 42.8 Å². The molecular formula is C27H32F6N2O2. The molecule has 0 amide bonds. The number of esters is 1. The van der Waals surface area contributed by atoms with Gasteiger partial charge >= 0.3 is 18.3 Å². The molecule has 37 heavy (non-hydrogen) atoms. The number of hydrogen-bond acceptors (Lipinski definition) is 4. The van der Waals surface area contributed by atoms with Gasteiger partial charge in [-0.25, -0.2) is 0 Å². The normalized spacial score (nSPS) is 22.2. The minimum absolute atomic E-state index is 0.0613. The highest BCUT2D eigenvalue weighted by atomic mass is 19.4. The second kappa shape index (κ2) is 11.1. The number of ether oxygens (including phenoxy) is 1. The molecule has 1 aliphatic carbocycles. The van der Waals surface area contributed by atoms with Crippen molar-refractivity contribution >= 4 is 22.4 Å². The fraction of sp³-hybridized carbons (Fsp3) is 0.593. The Balaban J connectivity index is 1.47. The molecule has 2 aromatic carbocycles. The minimum Gasteiger partial charge on any atom is -0.466 e. The van der Waals surface area contributed by atoms with Crippen molar-refractivity contribution in [1.82, 2.24) is 4.90 Å². The van der Waals surface area contributed by atoms with E-state index in [4.69, 9.17) is 4.74 Å². The van der Waals surface area contributed by atoms with Crippen LogP contribution in [0.4, 0.5) is 32.0 Å². The number of carbonyl (C=O) groups is 1. The number of piperidine rings is 1. The molecule has 1 aliphatic heterocycles. The van der Waals surface area contributed by atoms with Gasteiger partial charge in [0.1, 0.15) is 0 Å². The van der Waals surface area contributed by atoms with E-state index in [0.29, 0.717) is 44.5 Å². The van der Waals surface area contributed by atoms with Crippen molar-refractivity contribution in [2.24, 2.45) is 11.8 Å². The van der Waals surface area contributed by atoms with E-state index < -0.39 is 29.9 Å². The van der Waals surface area contributed by atoms with Crippen LogP contribution in [-0.2, 0) is 22.3 Å². The zero-order chi connectivity index (χ0) is 26.8. The third-order valence-electron chi connectivity index (χ3n) is 7.53. The third kappa shape index (κ3) is 6.69. The average molecular weight is 531 g/mol. The summed E-state index contributed by atoms with van der Waals surface area (Å²) in [5.41, 5.74) is -0.00427. The number of halogens is 6. The predicted molar refractivity (Wildman–Crippen MR) is 129 cm³/mol. The molecule has 4 rings (SSSR count). The lowest BCUT2D eigenvalue weighted by Crippen LogP contribution is -2.36. The van der Waals surface area contributed by atoms with E-state index >= 15 is 0 Å². The molecule has 2 aromatic rings. The van der Waals surface area contributed by atoms with Crippen LogP contribution in [0.15, 0.2) is 30.3 Å². The Morgan fingerprint density at radius 2 is 1.65 bits per heavy atom. The maximum absolute atomic E-state index is 14.1. The van der Waals surface area contributed by atoms with Gasteiger partial charge in [0.15, 0.2) is 0 Å². The van der Waals surface area contributed by atoms with Gasteiger partial charge in [-0.3, -0.25) is 9.69 Å². The average Bonchev–Trinajstić information content (AvgIpc) is 2.83. The fourth-order valence-corrected chi connectivity index (χ4v) is 5.53. The summed E-state index contributed by atoms with van der Waals surface area (Å²) in [6, 6.07) is 7.49. The first-order valence-corrected chi connectivity index (χ1v) is 12.8. The second-order valence-electron chi connectivity index (χ2n) is 10.1. The van der Waals surface area contributed by atoms with Gasteiger partial charge in [-0.15, -0.1) is 0 Å². The van der Waals surface area contributed by atoms with E-state index in [0.717, 1.165) is 5.56 Å². The smallest absolute Gasteiger partial charge is 0.418 e. The van der Waals surface area contributed by atoms with E-state index in [1.54, 1.807) is 25.1 Å². The molecular weight excluding hydrogens is 498 g/mol. The lowest BCUT2D eigenvalue weighted by atomic mass is 9.85. The number of carbonyl (C=O) groups excluding carboxylic acids is 1. The summed E-state index contributed by atoms with van der Waals surface area (Å²) < 4.78 is 86.4. The topological polar surface area (TPSA) is 41.6 Å². The Bertz CT molecular complexity index is 1080. The number of hydrogen-bond donors (Lipinski definition) is 1. The number of nitrogens with one attached hydrogen (secondary N) is 1. The van der Waals surface area contributed by atoms with Crippen LogP contribution < -0.4 is 5.32 Å². The number of benzene rings is 2. The fourth-order valence-electron chi connectivity index (χ4n) is 5.53. The number of likely N-dealkylation sites (tertiary alicyclic amines) is 1. The summed E-state index contributed by atoms with van der Waals surface area (Å²) in [6.07, 6.45) is -7.35. The molecule has 0 unspecified atom stereocenters. The highest BCUT2D eigenvalue weighted by Crippen LogP contribution is 2.43. The van der Waals surface area contributed by atoms with Gasteiger partial charge in [0.25, 0.3) is 0 Å². The number of fused-ring (bicyclic) bond motifs is 1. The van der Waals surface area contributed by atoms with Crippen molar-refractivity contribution < 1.29 is 35.9 Å². The molecule has 1 saturated heterocycles. The molecule has 2 aliphatic rings. The van der Waals surface area contributed by atoms with E-state index in [1.807, 2.05) is 0 Å². The van der Waals surface area contributed by atoms with Crippen LogP contribution in [0.1, 0.15) is 56.6 Å². The molecule has 0 radical (unpaired) electrons. The van der Waals surface area contributed by atoms with Crippen LogP contribution in [0.2, 0.25) is 0 Å². The van der Waals surface area contributed by atoms with E-state index in [2.05, 4.69) is 10.2 Å². The Morgan fingerprint density at radius 3 is 2.24 bits per heavy atom. The SMILES string of the molecule is CCOC(=O)C1CCN(Cc2ccc3c(C(F)(F)F)c(N[C@H]4CC[C@@H](C(F)(F)F)CC4)ccc3c2)CC1. The van der Waals surface area contributed by atoms with Gasteiger partial charge in [0.2, 0.25) is 0 Å². The zero-order valence-electron chi connectivity index (χ0n) is 20.7. The molecule has 0 aromatic heterocycles. The molecule has 1 N–H and O–H groups in total. The Kier molecular flexibility index (Phi) is 8.26. The van der Waals surface area contributed by atoms with E-state index in [9.17, 15) is 31.1 Å². The first-order chi connectivity index (χ1) is 17.5. The molecule has 4 nitrogen and oxygen atoms in total. The van der Waals surface area contributed by atoms with Gasteiger partial charge < -0.3 is 10.1 Å². The standard InChI is InChI=1S/C27H32F6N2O2/c1-2-37-25(36)18-11-13-35(14-12-18)16-17-3-9-22-19(15-17)4-10-23(24(22)27(31,32)33)34-21-7-5-20(6-8-21)26(28,29)30/h3-4,9-10,15,18,20-21,34H,2,5-8,11-14,16H2,1H3/t20-,21+. The van der Waals surface area contributed by atoms with Crippen LogP contribution in [0.3, 0.4) is 0 Å². The van der Waals surface area contributed by atoms with Crippen LogP contribution in [0.25, 0.3) is 10.8 Å². The first-order valence-electron chi connectivity index (χ1n) is 12.8. The van der Waals surface area contributed by atoms with Crippen LogP contribution in [0.5, 0.6) is 0 Å². The van der Waals surface area contributed by atoms with Crippen molar-refractivity contribution in [3.8, 4) is 0 Å². The van der Waals surface area contributed by atoms with Crippen molar-refractivity contribution in [1.29, 1.82) is 0 Å². The van der Waals surface area contributed by atoms with Crippen LogP contribution >= 0.6 is 0 Å². The molecule has 0 atom stereocenters. The Morgan fingerprint density at radius 1 is 0.973 bits per heavy atom. The monoisotopic (exact) mass is 530 g/mol. The van der Waals surface area contributed by atoms with Gasteiger partial charge in [0, 0.05) is 18.3 Å². The molecule has 1 saturated carbocycles. The van der Waals surface area contributed by atoms with Crippen molar-refractivity contribution in [2.75, 3.05) is 25.0 Å². The van der Waals surface area contributed by atoms with E-state index in [-0.39, 0.29) is 48.6 Å². The van der Waals surface area contributed by atoms with Crippen molar-refractivity contribution in [2.45, 2.75) is 70.4 Å². The number of rotatable bonds is 6. The lowest BCUT2D eigenvalue weighted by Gasteiger charge is -2.32. The predicted octanol–water partition coefficient (Wildman–Crippen LogP) is 7.17. The molecule has 204 valence electrons. The summed E-state index contributed by atoms with van der Waals surface area (Å²) in [5.74, 6) is -1.68. The number of nitrogens with zero attached hydrogens (tertiary/aromatic N) is 1. The van der Waals surface area contributed by atoms with Gasteiger partial charge in [-0.2, -0.15) is 26.3 Å². The molecule has 0 bridgehead atoms. The summed E-state index contributed by atoms with van der Waals surface area (Å²) in [4.78, 5) is 14.1. The summed E-state index contributed by atoms with van der Waals surface area (Å²) in [5, 5.41) is 3.41. The number of alkyl halides is 6. The summed E-state index contributed by atoms with van der Waals surface area (Å²) in [6.45, 7) is 4.10. The Hall–Kier alpha value is -2.49. The molecule has 0 spiro atoms. The quantitative estimate of drug-likeness (QED) is 0.318. The van der Waals surface area contributed by atoms with Gasteiger partial charge in [-0.05, 0) is 87.0 Å². The molecule has 10 heteroatoms. The molecule has 1 heterocycles. The minimum atomic E-state index is -4.62. The summed E-state index contributed by atoms with van der Waals surface area (Å²) in [7, 11) is 0. The highest BCUT2D eigenvalue weighted by molar-refractivity contribution is 5.91. The second-order valence-corrected chi connectivity index (χ2v) is 10.1. The maximum Gasteiger partial charge on any atom is 0.418 e. The van der Waals surface area contributed by atoms with E-state index in [1.165, 1.54) is 12.1 Å². The maximum atomic E-state index is 14.1. The first kappa shape index (κ1) is 27.5. The summed E-state index contributed by atoms with van der Waals surface area (Å²) >= 11 is 0. The Labute approximate surface area is 212 Å². The third-order valence-corrected chi connectivity index (χ3v) is 7.53. The number of anilines is 1. The van der Waals surface area contributed by atoms with Gasteiger partial charge in [0.05, 0.1) is 24.0 Å². The van der Waals surface area contributed by atoms with Crippen LogP contribution in [0, 0.1) is 11.8 Å². The zero-order valence-corrected chi connectivity index (χ0v) is 20.7. The molecule has 2 fully saturated rings. The van der Waals surface area contributed by atoms with Crippen molar-refractivity contribution in [3.63, 3.8) is 0 Å². The highest BCUT2D eigenvalue weighted by Gasteiger charge is 2.42. The lowest BCUT2D eigenvalue weighted by molar-refractivity contribution is -0.182. The largest absolute Gasteiger partial charge is 0.466 e. The van der Waals surface area contributed by atoms with Crippen molar-refractivity contribution in [3.05, 3.63) is 41.5 Å². The van der Waals surface area contributed by atoms with Gasteiger partial charge in [-0.1, -0.05) is 18.2 Å².